The van der Waals surface area contributed by atoms with Gasteiger partial charge in [-0.25, -0.2) is 0 Å². The molecule has 1 unspecified atom stereocenters. The van der Waals surface area contributed by atoms with Gasteiger partial charge < -0.3 is 15.0 Å². The molecule has 3 aromatic rings. The summed E-state index contributed by atoms with van der Waals surface area (Å²) in [6.07, 6.45) is 2.05. The Bertz CT molecular complexity index is 822. The van der Waals surface area contributed by atoms with Crippen molar-refractivity contribution in [2.45, 2.75) is 26.0 Å². The smallest absolute Gasteiger partial charge is 0.253 e. The lowest BCUT2D eigenvalue weighted by Crippen LogP contribution is -2.26. The number of aliphatic hydroxyl groups is 1. The van der Waals surface area contributed by atoms with Crippen molar-refractivity contribution in [2.75, 3.05) is 6.54 Å². The number of aliphatic hydroxyl groups excluding tert-OH is 1. The molecule has 0 aliphatic carbocycles. The molecule has 0 aliphatic heterocycles. The quantitative estimate of drug-likeness (QED) is 0.732. The molecule has 24 heavy (non-hydrogen) atoms. The third kappa shape index (κ3) is 3.66. The van der Waals surface area contributed by atoms with E-state index >= 15 is 0 Å². The molecule has 0 radical (unpaired) electrons. The van der Waals surface area contributed by atoms with Gasteiger partial charge in [0.05, 0.1) is 11.7 Å². The van der Waals surface area contributed by atoms with Crippen molar-refractivity contribution in [1.82, 2.24) is 9.88 Å². The third-order valence-electron chi connectivity index (χ3n) is 4.08. The van der Waals surface area contributed by atoms with Crippen LogP contribution in [-0.2, 0) is 6.54 Å². The largest absolute Gasteiger partial charge is 0.393 e. The van der Waals surface area contributed by atoms with Crippen LogP contribution in [-0.4, -0.2) is 28.2 Å². The molecule has 124 valence electrons. The predicted molar refractivity (Wildman–Crippen MR) is 96.1 cm³/mol. The van der Waals surface area contributed by atoms with Gasteiger partial charge in [-0.05, 0) is 25.0 Å². The Hall–Kier alpha value is -2.59. The van der Waals surface area contributed by atoms with Gasteiger partial charge in [0.2, 0.25) is 0 Å². The van der Waals surface area contributed by atoms with Crippen molar-refractivity contribution < 1.29 is 9.90 Å². The molecule has 0 fully saturated rings. The Balaban J connectivity index is 1.87. The molecular weight excluding hydrogens is 300 g/mol. The minimum Gasteiger partial charge on any atom is -0.393 e. The lowest BCUT2D eigenvalue weighted by Gasteiger charge is -2.06. The lowest BCUT2D eigenvalue weighted by atomic mass is 10.1. The Morgan fingerprint density at radius 1 is 1.12 bits per heavy atom. The standard InChI is InChI=1S/C20H22N2O2/c1-15(23)11-12-21-20(24)18-14-22(13-16-7-3-2-4-8-16)19-10-6-5-9-17(18)19/h2-10,14-15,23H,11-13H2,1H3,(H,21,24). The number of rotatable bonds is 6. The number of nitrogens with one attached hydrogen (secondary N) is 1. The molecule has 1 amide bonds. The van der Waals surface area contributed by atoms with Crippen LogP contribution in [0.4, 0.5) is 0 Å². The number of aromatic nitrogens is 1. The molecular formula is C20H22N2O2. The fourth-order valence-electron chi connectivity index (χ4n) is 2.83. The zero-order valence-electron chi connectivity index (χ0n) is 13.8. The highest BCUT2D eigenvalue weighted by Crippen LogP contribution is 2.22. The summed E-state index contributed by atoms with van der Waals surface area (Å²) in [7, 11) is 0. The molecule has 4 nitrogen and oxygen atoms in total. The number of hydrogen-bond donors (Lipinski definition) is 2. The van der Waals surface area contributed by atoms with Crippen molar-refractivity contribution in [1.29, 1.82) is 0 Å². The Kier molecular flexibility index (Phi) is 4.96. The van der Waals surface area contributed by atoms with E-state index < -0.39 is 6.10 Å². The fraction of sp³-hybridized carbons (Fsp3) is 0.250. The van der Waals surface area contributed by atoms with E-state index in [1.54, 1.807) is 6.92 Å². The minimum absolute atomic E-state index is 0.0985. The summed E-state index contributed by atoms with van der Waals surface area (Å²) in [5.41, 5.74) is 2.91. The predicted octanol–water partition coefficient (Wildman–Crippen LogP) is 3.19. The summed E-state index contributed by atoms with van der Waals surface area (Å²) in [5, 5.41) is 13.2. The number of carbonyl (C=O) groups is 1. The monoisotopic (exact) mass is 322 g/mol. The zero-order valence-corrected chi connectivity index (χ0v) is 13.8. The maximum atomic E-state index is 12.5. The second-order valence-electron chi connectivity index (χ2n) is 6.07. The highest BCUT2D eigenvalue weighted by atomic mass is 16.3. The summed E-state index contributed by atoms with van der Waals surface area (Å²) in [6, 6.07) is 18.1. The van der Waals surface area contributed by atoms with Crippen LogP contribution >= 0.6 is 0 Å². The highest BCUT2D eigenvalue weighted by Gasteiger charge is 2.14. The molecule has 1 heterocycles. The summed E-state index contributed by atoms with van der Waals surface area (Å²) < 4.78 is 2.11. The highest BCUT2D eigenvalue weighted by molar-refractivity contribution is 6.07. The van der Waals surface area contributed by atoms with E-state index in [1.807, 2.05) is 48.7 Å². The summed E-state index contributed by atoms with van der Waals surface area (Å²) in [4.78, 5) is 12.5. The maximum Gasteiger partial charge on any atom is 0.253 e. The number of amides is 1. The van der Waals surface area contributed by atoms with E-state index in [4.69, 9.17) is 0 Å². The Morgan fingerprint density at radius 3 is 2.58 bits per heavy atom. The van der Waals surface area contributed by atoms with Crippen LogP contribution in [0.5, 0.6) is 0 Å². The zero-order chi connectivity index (χ0) is 16.9. The van der Waals surface area contributed by atoms with Crippen LogP contribution in [0.3, 0.4) is 0 Å². The fourth-order valence-corrected chi connectivity index (χ4v) is 2.83. The van der Waals surface area contributed by atoms with Crippen LogP contribution in [0.15, 0.2) is 60.8 Å². The van der Waals surface area contributed by atoms with E-state index in [2.05, 4.69) is 22.0 Å². The topological polar surface area (TPSA) is 54.3 Å². The summed E-state index contributed by atoms with van der Waals surface area (Å²) in [5.74, 6) is -0.0985. The first-order valence-electron chi connectivity index (χ1n) is 8.23. The Morgan fingerprint density at radius 2 is 1.83 bits per heavy atom. The molecule has 0 bridgehead atoms. The third-order valence-corrected chi connectivity index (χ3v) is 4.08. The first-order chi connectivity index (χ1) is 11.6. The molecule has 4 heteroatoms. The summed E-state index contributed by atoms with van der Waals surface area (Å²) >= 11 is 0. The average Bonchev–Trinajstić information content (AvgIpc) is 2.94. The number of para-hydroxylation sites is 1. The lowest BCUT2D eigenvalue weighted by molar-refractivity contribution is 0.0947. The van der Waals surface area contributed by atoms with E-state index in [0.717, 1.165) is 17.4 Å². The average molecular weight is 322 g/mol. The van der Waals surface area contributed by atoms with Crippen LogP contribution in [0.25, 0.3) is 10.9 Å². The van der Waals surface area contributed by atoms with Gasteiger partial charge in [-0.3, -0.25) is 4.79 Å². The van der Waals surface area contributed by atoms with Crippen molar-refractivity contribution in [3.8, 4) is 0 Å². The first kappa shape index (κ1) is 16.3. The maximum absolute atomic E-state index is 12.5. The Labute approximate surface area is 141 Å². The molecule has 0 aliphatic rings. The minimum atomic E-state index is -0.412. The van der Waals surface area contributed by atoms with Gasteiger partial charge in [0.25, 0.3) is 5.91 Å². The van der Waals surface area contributed by atoms with Crippen molar-refractivity contribution >= 4 is 16.8 Å². The van der Waals surface area contributed by atoms with Crippen LogP contribution in [0.1, 0.15) is 29.3 Å². The van der Waals surface area contributed by atoms with Crippen LogP contribution < -0.4 is 5.32 Å². The van der Waals surface area contributed by atoms with Gasteiger partial charge in [-0.2, -0.15) is 0 Å². The van der Waals surface area contributed by atoms with E-state index in [-0.39, 0.29) is 5.91 Å². The molecule has 1 atom stereocenters. The SMILES string of the molecule is CC(O)CCNC(=O)c1cn(Cc2ccccc2)c2ccccc12. The van der Waals surface area contributed by atoms with Crippen LogP contribution in [0.2, 0.25) is 0 Å². The van der Waals surface area contributed by atoms with Gasteiger partial charge in [-0.15, -0.1) is 0 Å². The molecule has 0 saturated carbocycles. The van der Waals surface area contributed by atoms with E-state index in [9.17, 15) is 9.90 Å². The van der Waals surface area contributed by atoms with Gasteiger partial charge in [0.15, 0.2) is 0 Å². The second kappa shape index (κ2) is 7.32. The molecule has 3 rings (SSSR count). The normalized spacial score (nSPS) is 12.2. The molecule has 2 aromatic carbocycles. The number of benzene rings is 2. The molecule has 0 spiro atoms. The van der Waals surface area contributed by atoms with Gasteiger partial charge in [0, 0.05) is 30.2 Å². The van der Waals surface area contributed by atoms with Crippen LogP contribution in [0, 0.1) is 0 Å². The molecule has 2 N–H and O–H groups in total. The molecule has 1 aromatic heterocycles. The van der Waals surface area contributed by atoms with Gasteiger partial charge >= 0.3 is 0 Å². The first-order valence-corrected chi connectivity index (χ1v) is 8.23. The van der Waals surface area contributed by atoms with Gasteiger partial charge in [0.1, 0.15) is 0 Å². The number of nitrogens with zero attached hydrogens (tertiary/aromatic N) is 1. The van der Waals surface area contributed by atoms with Gasteiger partial charge in [-0.1, -0.05) is 48.5 Å². The number of carbonyl (C=O) groups excluding carboxylic acids is 1. The number of fused-ring (bicyclic) bond motifs is 1. The summed E-state index contributed by atoms with van der Waals surface area (Å²) in [6.45, 7) is 2.91. The number of hydrogen-bond acceptors (Lipinski definition) is 2. The molecule has 0 saturated heterocycles. The van der Waals surface area contributed by atoms with Crippen molar-refractivity contribution in [3.05, 3.63) is 71.9 Å². The van der Waals surface area contributed by atoms with E-state index in [0.29, 0.717) is 18.5 Å². The van der Waals surface area contributed by atoms with Crippen molar-refractivity contribution in [2.24, 2.45) is 0 Å². The van der Waals surface area contributed by atoms with E-state index in [1.165, 1.54) is 5.56 Å². The van der Waals surface area contributed by atoms with Crippen molar-refractivity contribution in [3.63, 3.8) is 0 Å². The second-order valence-corrected chi connectivity index (χ2v) is 6.07.